The minimum absolute atomic E-state index is 0.116. The molecule has 152 valence electrons. The summed E-state index contributed by atoms with van der Waals surface area (Å²) < 4.78 is 3.89. The summed E-state index contributed by atoms with van der Waals surface area (Å²) in [7, 11) is 2.05. The molecule has 0 saturated carbocycles. The summed E-state index contributed by atoms with van der Waals surface area (Å²) >= 11 is 0. The monoisotopic (exact) mass is 400 g/mol. The van der Waals surface area contributed by atoms with Gasteiger partial charge in [0.25, 0.3) is 0 Å². The first-order valence-corrected chi connectivity index (χ1v) is 10.3. The Balaban J connectivity index is 1.30. The van der Waals surface area contributed by atoms with E-state index in [2.05, 4.69) is 54.9 Å². The van der Waals surface area contributed by atoms with Gasteiger partial charge in [0.2, 0.25) is 5.95 Å². The highest BCUT2D eigenvalue weighted by atomic mass is 16.1. The first-order valence-electron chi connectivity index (χ1n) is 10.3. The van der Waals surface area contributed by atoms with Gasteiger partial charge in [-0.1, -0.05) is 12.1 Å². The Morgan fingerprint density at radius 1 is 1.17 bits per heavy atom. The van der Waals surface area contributed by atoms with E-state index in [-0.39, 0.29) is 11.8 Å². The topological polar surface area (TPSA) is 68.8 Å². The van der Waals surface area contributed by atoms with E-state index in [1.807, 2.05) is 19.3 Å². The summed E-state index contributed by atoms with van der Waals surface area (Å²) in [5.41, 5.74) is 2.40. The SMILES string of the molecule is Cn1ccc2ccc(CCC(=O)[C@H]3CCCN3c3ccnc(-n4ccnc4)n3)cc21. The highest BCUT2D eigenvalue weighted by molar-refractivity contribution is 5.88. The number of fused-ring (bicyclic) bond motifs is 1. The van der Waals surface area contributed by atoms with Crippen molar-refractivity contribution in [1.82, 2.24) is 24.1 Å². The second-order valence-corrected chi connectivity index (χ2v) is 7.82. The lowest BCUT2D eigenvalue weighted by atomic mass is 10.0. The number of hydrogen-bond donors (Lipinski definition) is 0. The molecule has 0 amide bonds. The van der Waals surface area contributed by atoms with Crippen molar-refractivity contribution in [3.05, 3.63) is 67.0 Å². The molecular formula is C23H24N6O. The second-order valence-electron chi connectivity index (χ2n) is 7.82. The molecule has 0 aliphatic carbocycles. The predicted octanol–water partition coefficient (Wildman–Crippen LogP) is 3.32. The van der Waals surface area contributed by atoms with Crippen molar-refractivity contribution < 1.29 is 4.79 Å². The molecule has 7 heteroatoms. The van der Waals surface area contributed by atoms with Crippen LogP contribution in [0.4, 0.5) is 5.82 Å². The summed E-state index contributed by atoms with van der Waals surface area (Å²) in [6.45, 7) is 0.839. The Morgan fingerprint density at radius 2 is 2.10 bits per heavy atom. The van der Waals surface area contributed by atoms with Gasteiger partial charge in [-0.05, 0) is 48.4 Å². The largest absolute Gasteiger partial charge is 0.351 e. The van der Waals surface area contributed by atoms with Gasteiger partial charge in [0.1, 0.15) is 12.1 Å². The third-order valence-corrected chi connectivity index (χ3v) is 5.89. The summed E-state index contributed by atoms with van der Waals surface area (Å²) in [6, 6.07) is 10.3. The molecule has 1 aromatic carbocycles. The van der Waals surface area contributed by atoms with Crippen LogP contribution in [0, 0.1) is 0 Å². The van der Waals surface area contributed by atoms with Crippen LogP contribution in [0.2, 0.25) is 0 Å². The number of imidazole rings is 1. The lowest BCUT2D eigenvalue weighted by molar-refractivity contribution is -0.120. The fraction of sp³-hybridized carbons (Fsp3) is 0.304. The number of carbonyl (C=O) groups excluding carboxylic acids is 1. The molecule has 3 aromatic heterocycles. The van der Waals surface area contributed by atoms with Gasteiger partial charge >= 0.3 is 0 Å². The van der Waals surface area contributed by atoms with Crippen LogP contribution in [-0.4, -0.2) is 42.5 Å². The molecule has 0 spiro atoms. The standard InChI is InChI=1S/C23H24N6O/c1-27-13-9-18-6-4-17(15-20(18)27)5-7-21(30)19-3-2-12-29(19)22-8-10-25-23(26-22)28-14-11-24-16-28/h4,6,8-11,13-16,19H,2-3,5,7,12H2,1H3/t19-/m1/s1. The maximum Gasteiger partial charge on any atom is 0.236 e. The fourth-order valence-electron chi connectivity index (χ4n) is 4.27. The summed E-state index contributed by atoms with van der Waals surface area (Å²) in [6.07, 6.45) is 12.2. The van der Waals surface area contributed by atoms with Gasteiger partial charge in [0, 0.05) is 50.3 Å². The van der Waals surface area contributed by atoms with Crippen molar-refractivity contribution >= 4 is 22.5 Å². The van der Waals surface area contributed by atoms with Crippen molar-refractivity contribution in [2.75, 3.05) is 11.4 Å². The molecule has 4 aromatic rings. The minimum Gasteiger partial charge on any atom is -0.351 e. The first-order chi connectivity index (χ1) is 14.7. The zero-order valence-corrected chi connectivity index (χ0v) is 17.0. The van der Waals surface area contributed by atoms with Crippen LogP contribution in [0.15, 0.2) is 61.4 Å². The molecule has 1 atom stereocenters. The van der Waals surface area contributed by atoms with E-state index in [0.717, 1.165) is 31.6 Å². The molecule has 7 nitrogen and oxygen atoms in total. The van der Waals surface area contributed by atoms with Crippen molar-refractivity contribution in [1.29, 1.82) is 0 Å². The molecule has 5 rings (SSSR count). The Labute approximate surface area is 175 Å². The van der Waals surface area contributed by atoms with Gasteiger partial charge in [0.05, 0.1) is 6.04 Å². The van der Waals surface area contributed by atoms with E-state index >= 15 is 0 Å². The molecule has 0 bridgehead atoms. The van der Waals surface area contributed by atoms with Crippen LogP contribution in [0.3, 0.4) is 0 Å². The lowest BCUT2D eigenvalue weighted by Gasteiger charge is -2.25. The Bertz CT molecular complexity index is 1180. The molecule has 1 aliphatic rings. The minimum atomic E-state index is -0.116. The van der Waals surface area contributed by atoms with Gasteiger partial charge < -0.3 is 9.47 Å². The number of nitrogens with zero attached hydrogens (tertiary/aromatic N) is 6. The molecule has 0 unspecified atom stereocenters. The number of carbonyl (C=O) groups is 1. The Hall–Kier alpha value is -3.48. The lowest BCUT2D eigenvalue weighted by Crippen LogP contribution is -2.37. The van der Waals surface area contributed by atoms with Crippen molar-refractivity contribution in [2.45, 2.75) is 31.7 Å². The fourth-order valence-corrected chi connectivity index (χ4v) is 4.27. The van der Waals surface area contributed by atoms with Crippen LogP contribution >= 0.6 is 0 Å². The first kappa shape index (κ1) is 18.5. The van der Waals surface area contributed by atoms with E-state index in [1.54, 1.807) is 23.3 Å². The van der Waals surface area contributed by atoms with Crippen LogP contribution in [-0.2, 0) is 18.3 Å². The van der Waals surface area contributed by atoms with E-state index in [9.17, 15) is 4.79 Å². The third-order valence-electron chi connectivity index (χ3n) is 5.89. The number of aromatic nitrogens is 5. The van der Waals surface area contributed by atoms with Gasteiger partial charge in [-0.15, -0.1) is 0 Å². The van der Waals surface area contributed by atoms with E-state index in [1.165, 1.54) is 16.5 Å². The summed E-state index contributed by atoms with van der Waals surface area (Å²) in [4.78, 5) is 28.3. The maximum atomic E-state index is 13.1. The van der Waals surface area contributed by atoms with E-state index in [0.29, 0.717) is 12.4 Å². The zero-order chi connectivity index (χ0) is 20.5. The van der Waals surface area contributed by atoms with Crippen LogP contribution in [0.5, 0.6) is 0 Å². The van der Waals surface area contributed by atoms with Gasteiger partial charge in [-0.25, -0.2) is 9.97 Å². The normalized spacial score (nSPS) is 16.4. The molecule has 1 aliphatic heterocycles. The highest BCUT2D eigenvalue weighted by Crippen LogP contribution is 2.26. The smallest absolute Gasteiger partial charge is 0.236 e. The van der Waals surface area contributed by atoms with Gasteiger partial charge in [-0.3, -0.25) is 9.36 Å². The number of anilines is 1. The van der Waals surface area contributed by atoms with Crippen molar-refractivity contribution in [3.8, 4) is 5.95 Å². The quantitative estimate of drug-likeness (QED) is 0.497. The summed E-state index contributed by atoms with van der Waals surface area (Å²) in [5, 5.41) is 1.23. The number of rotatable bonds is 6. The third kappa shape index (κ3) is 3.47. The molecular weight excluding hydrogens is 376 g/mol. The second kappa shape index (κ2) is 7.74. The average molecular weight is 400 g/mol. The maximum absolute atomic E-state index is 13.1. The highest BCUT2D eigenvalue weighted by Gasteiger charge is 2.31. The molecule has 1 saturated heterocycles. The Morgan fingerprint density at radius 3 is 2.97 bits per heavy atom. The van der Waals surface area contributed by atoms with Crippen molar-refractivity contribution in [3.63, 3.8) is 0 Å². The predicted molar refractivity (Wildman–Crippen MR) is 116 cm³/mol. The van der Waals surface area contributed by atoms with Crippen LogP contribution < -0.4 is 4.90 Å². The number of benzene rings is 1. The summed E-state index contributed by atoms with van der Waals surface area (Å²) in [5.74, 6) is 1.65. The molecule has 30 heavy (non-hydrogen) atoms. The van der Waals surface area contributed by atoms with Gasteiger partial charge in [-0.2, -0.15) is 4.98 Å². The number of ketones is 1. The number of hydrogen-bond acceptors (Lipinski definition) is 5. The molecule has 4 heterocycles. The van der Waals surface area contributed by atoms with Gasteiger partial charge in [0.15, 0.2) is 5.78 Å². The van der Waals surface area contributed by atoms with Crippen molar-refractivity contribution in [2.24, 2.45) is 7.05 Å². The zero-order valence-electron chi connectivity index (χ0n) is 17.0. The van der Waals surface area contributed by atoms with Crippen LogP contribution in [0.25, 0.3) is 16.9 Å². The number of aryl methyl sites for hydroxylation is 2. The van der Waals surface area contributed by atoms with E-state index in [4.69, 9.17) is 0 Å². The molecule has 0 radical (unpaired) electrons. The average Bonchev–Trinajstić information content (AvgIpc) is 3.53. The molecule has 0 N–H and O–H groups in total. The number of Topliss-reactive ketones (excluding diaryl/α,β-unsaturated/α-hetero) is 1. The molecule has 1 fully saturated rings. The Kier molecular flexibility index (Phi) is 4.78. The van der Waals surface area contributed by atoms with E-state index < -0.39 is 0 Å². The van der Waals surface area contributed by atoms with Crippen LogP contribution in [0.1, 0.15) is 24.8 Å².